The Morgan fingerprint density at radius 2 is 1.65 bits per heavy atom. The molecule has 0 atom stereocenters. The summed E-state index contributed by atoms with van der Waals surface area (Å²) in [6.45, 7) is 1.43. The average Bonchev–Trinajstić information content (AvgIpc) is 2.53. The molecule has 0 spiro atoms. The van der Waals surface area contributed by atoms with Crippen LogP contribution in [0.2, 0.25) is 0 Å². The van der Waals surface area contributed by atoms with Crippen LogP contribution in [0.15, 0.2) is 54.6 Å². The van der Waals surface area contributed by atoms with Gasteiger partial charge in [-0.3, -0.25) is 19.7 Å². The molecule has 23 heavy (non-hydrogen) atoms. The van der Waals surface area contributed by atoms with Gasteiger partial charge in [-0.25, -0.2) is 0 Å². The maximum Gasteiger partial charge on any atom is 0.269 e. The molecule has 0 fully saturated rings. The predicted molar refractivity (Wildman–Crippen MR) is 87.2 cm³/mol. The van der Waals surface area contributed by atoms with Crippen LogP contribution < -0.4 is 5.32 Å². The minimum Gasteiger partial charge on any atom is -0.326 e. The van der Waals surface area contributed by atoms with Gasteiger partial charge < -0.3 is 5.32 Å². The lowest BCUT2D eigenvalue weighted by atomic mass is 10.1. The number of hydrogen-bond acceptors (Lipinski definition) is 4. The van der Waals surface area contributed by atoms with Crippen molar-refractivity contribution >= 4 is 29.1 Å². The molecule has 0 saturated heterocycles. The lowest BCUT2D eigenvalue weighted by Crippen LogP contribution is -2.05. The quantitative estimate of drug-likeness (QED) is 0.396. The smallest absolute Gasteiger partial charge is 0.269 e. The first-order valence-electron chi connectivity index (χ1n) is 6.80. The lowest BCUT2D eigenvalue weighted by molar-refractivity contribution is -0.384. The number of anilines is 1. The van der Waals surface area contributed by atoms with Gasteiger partial charge in [0.05, 0.1) is 4.92 Å². The molecule has 1 N–H and O–H groups in total. The fraction of sp³-hybridized carbons (Fsp3) is 0.0588. The molecule has 116 valence electrons. The van der Waals surface area contributed by atoms with E-state index in [4.69, 9.17) is 0 Å². The highest BCUT2D eigenvalue weighted by Gasteiger charge is 2.07. The number of rotatable bonds is 5. The number of carbonyl (C=O) groups is 2. The van der Waals surface area contributed by atoms with Crippen LogP contribution in [0.4, 0.5) is 11.4 Å². The monoisotopic (exact) mass is 310 g/mol. The van der Waals surface area contributed by atoms with Crippen LogP contribution in [-0.2, 0) is 4.79 Å². The van der Waals surface area contributed by atoms with Gasteiger partial charge in [0.1, 0.15) is 0 Å². The Balaban J connectivity index is 2.05. The van der Waals surface area contributed by atoms with Gasteiger partial charge in [0, 0.05) is 30.3 Å². The number of nitro groups is 1. The molecule has 2 aromatic carbocycles. The fourth-order valence-electron chi connectivity index (χ4n) is 1.90. The molecular weight excluding hydrogens is 296 g/mol. The number of non-ortho nitro benzene ring substituents is 1. The summed E-state index contributed by atoms with van der Waals surface area (Å²) in [5.41, 5.74) is 1.80. The Labute approximate surface area is 132 Å². The molecule has 0 aliphatic heterocycles. The number of nitrogens with zero attached hydrogens (tertiary/aromatic N) is 1. The van der Waals surface area contributed by atoms with Crippen molar-refractivity contribution in [2.45, 2.75) is 6.92 Å². The number of hydrogen-bond donors (Lipinski definition) is 1. The first-order chi connectivity index (χ1) is 11.0. The number of amides is 1. The molecule has 0 aliphatic rings. The Morgan fingerprint density at radius 3 is 2.17 bits per heavy atom. The molecule has 2 rings (SSSR count). The maximum absolute atomic E-state index is 12.0. The van der Waals surface area contributed by atoms with Gasteiger partial charge in [-0.15, -0.1) is 0 Å². The number of carbonyl (C=O) groups excluding carboxylic acids is 2. The van der Waals surface area contributed by atoms with Crippen molar-refractivity contribution < 1.29 is 14.5 Å². The normalized spacial score (nSPS) is 10.5. The van der Waals surface area contributed by atoms with Crippen LogP contribution in [0.25, 0.3) is 6.08 Å². The third-order valence-electron chi connectivity index (χ3n) is 3.02. The van der Waals surface area contributed by atoms with Crippen molar-refractivity contribution in [2.75, 3.05) is 5.32 Å². The van der Waals surface area contributed by atoms with Crippen LogP contribution in [0.1, 0.15) is 22.8 Å². The summed E-state index contributed by atoms with van der Waals surface area (Å²) in [7, 11) is 0. The second-order valence-electron chi connectivity index (χ2n) is 4.80. The van der Waals surface area contributed by atoms with Crippen LogP contribution in [0.3, 0.4) is 0 Å². The Kier molecular flexibility index (Phi) is 4.99. The topological polar surface area (TPSA) is 89.3 Å². The zero-order valence-corrected chi connectivity index (χ0v) is 12.4. The number of ketones is 1. The molecule has 0 aromatic heterocycles. The summed E-state index contributed by atoms with van der Waals surface area (Å²) >= 11 is 0. The number of benzene rings is 2. The molecule has 6 heteroatoms. The number of allylic oxidation sites excluding steroid dienone is 1. The summed E-state index contributed by atoms with van der Waals surface area (Å²) in [6, 6.07) is 12.4. The van der Waals surface area contributed by atoms with E-state index in [1.807, 2.05) is 0 Å². The zero-order chi connectivity index (χ0) is 16.8. The summed E-state index contributed by atoms with van der Waals surface area (Å²) < 4.78 is 0. The average molecular weight is 310 g/mol. The van der Waals surface area contributed by atoms with Crippen LogP contribution in [0, 0.1) is 10.1 Å². The van der Waals surface area contributed by atoms with E-state index in [1.54, 1.807) is 30.3 Å². The summed E-state index contributed by atoms with van der Waals surface area (Å²) in [5, 5.41) is 13.2. The van der Waals surface area contributed by atoms with E-state index in [1.165, 1.54) is 37.3 Å². The predicted octanol–water partition coefficient (Wildman–Crippen LogP) is 3.45. The van der Waals surface area contributed by atoms with Gasteiger partial charge in [-0.1, -0.05) is 18.2 Å². The highest BCUT2D eigenvalue weighted by atomic mass is 16.6. The van der Waals surface area contributed by atoms with E-state index in [-0.39, 0.29) is 17.4 Å². The highest BCUT2D eigenvalue weighted by molar-refractivity contribution is 6.06. The molecule has 0 radical (unpaired) electrons. The van der Waals surface area contributed by atoms with Gasteiger partial charge in [-0.05, 0) is 35.9 Å². The first-order valence-corrected chi connectivity index (χ1v) is 6.80. The van der Waals surface area contributed by atoms with Crippen molar-refractivity contribution in [1.82, 2.24) is 0 Å². The second-order valence-corrected chi connectivity index (χ2v) is 4.80. The highest BCUT2D eigenvalue weighted by Crippen LogP contribution is 2.14. The van der Waals surface area contributed by atoms with Crippen LogP contribution >= 0.6 is 0 Å². The number of nitrogens with one attached hydrogen (secondary N) is 1. The maximum atomic E-state index is 12.0. The van der Waals surface area contributed by atoms with E-state index in [0.717, 1.165) is 5.56 Å². The summed E-state index contributed by atoms with van der Waals surface area (Å²) in [4.78, 5) is 33.0. The molecule has 0 aliphatic carbocycles. The van der Waals surface area contributed by atoms with Gasteiger partial charge in [-0.2, -0.15) is 0 Å². The van der Waals surface area contributed by atoms with Crippen molar-refractivity contribution in [3.05, 3.63) is 75.8 Å². The minimum absolute atomic E-state index is 0.0564. The third-order valence-corrected chi connectivity index (χ3v) is 3.02. The first kappa shape index (κ1) is 16.1. The molecule has 0 saturated carbocycles. The third kappa shape index (κ3) is 4.60. The molecule has 6 nitrogen and oxygen atoms in total. The van der Waals surface area contributed by atoms with E-state index in [0.29, 0.717) is 11.3 Å². The summed E-state index contributed by atoms with van der Waals surface area (Å²) in [5.74, 6) is -0.396. The molecule has 0 heterocycles. The van der Waals surface area contributed by atoms with Crippen molar-refractivity contribution in [3.8, 4) is 0 Å². The lowest BCUT2D eigenvalue weighted by Gasteiger charge is -2.01. The SMILES string of the molecule is CC(=O)Nc1ccc(/C=C/C(=O)c2ccc([N+](=O)[O-])cc2)cc1. The van der Waals surface area contributed by atoms with E-state index < -0.39 is 4.92 Å². The molecule has 0 unspecified atom stereocenters. The summed E-state index contributed by atoms with van der Waals surface area (Å²) in [6.07, 6.45) is 3.04. The van der Waals surface area contributed by atoms with E-state index >= 15 is 0 Å². The Bertz CT molecular complexity index is 762. The second kappa shape index (κ2) is 7.13. The molecule has 2 aromatic rings. The van der Waals surface area contributed by atoms with Gasteiger partial charge in [0.15, 0.2) is 5.78 Å². The zero-order valence-electron chi connectivity index (χ0n) is 12.4. The van der Waals surface area contributed by atoms with Gasteiger partial charge >= 0.3 is 0 Å². The Morgan fingerprint density at radius 1 is 1.04 bits per heavy atom. The van der Waals surface area contributed by atoms with Gasteiger partial charge in [0.25, 0.3) is 5.69 Å². The largest absolute Gasteiger partial charge is 0.326 e. The van der Waals surface area contributed by atoms with Gasteiger partial charge in [0.2, 0.25) is 5.91 Å². The van der Waals surface area contributed by atoms with E-state index in [2.05, 4.69) is 5.32 Å². The Hall–Kier alpha value is -3.28. The standard InChI is InChI=1S/C17H14N2O4/c1-12(20)18-15-7-2-13(3-8-15)4-11-17(21)14-5-9-16(10-6-14)19(22)23/h2-11H,1H3,(H,18,20)/b11-4+. The minimum atomic E-state index is -0.513. The molecule has 1 amide bonds. The fourth-order valence-corrected chi connectivity index (χ4v) is 1.90. The van der Waals surface area contributed by atoms with Crippen molar-refractivity contribution in [1.29, 1.82) is 0 Å². The van der Waals surface area contributed by atoms with Crippen molar-refractivity contribution in [3.63, 3.8) is 0 Å². The van der Waals surface area contributed by atoms with E-state index in [9.17, 15) is 19.7 Å². The van der Waals surface area contributed by atoms with Crippen molar-refractivity contribution in [2.24, 2.45) is 0 Å². The number of nitro benzene ring substituents is 1. The molecule has 0 bridgehead atoms. The van der Waals surface area contributed by atoms with Crippen LogP contribution in [-0.4, -0.2) is 16.6 Å². The molecular formula is C17H14N2O4. The van der Waals surface area contributed by atoms with Crippen LogP contribution in [0.5, 0.6) is 0 Å².